The highest BCUT2D eigenvalue weighted by Crippen LogP contribution is 2.22. The fourth-order valence-electron chi connectivity index (χ4n) is 1.89. The average molecular weight is 282 g/mol. The number of amides is 1. The van der Waals surface area contributed by atoms with E-state index in [0.29, 0.717) is 6.54 Å². The minimum absolute atomic E-state index is 0.0345. The number of methoxy groups -OCH3 is 1. The third-order valence-electron chi connectivity index (χ3n) is 3.12. The smallest absolute Gasteiger partial charge is 0.236 e. The van der Waals surface area contributed by atoms with Crippen LogP contribution in [0.3, 0.4) is 0 Å². The number of carbonyl (C=O) groups is 1. The second-order valence-corrected chi connectivity index (χ2v) is 4.80. The highest BCUT2D eigenvalue weighted by atomic mass is 19.1. The van der Waals surface area contributed by atoms with E-state index >= 15 is 0 Å². The van der Waals surface area contributed by atoms with Crippen molar-refractivity contribution in [2.45, 2.75) is 39.3 Å². The molecule has 0 fully saturated rings. The van der Waals surface area contributed by atoms with Crippen molar-refractivity contribution in [2.75, 3.05) is 13.7 Å². The topological polar surface area (TPSA) is 50.4 Å². The molecule has 4 nitrogen and oxygen atoms in total. The lowest BCUT2D eigenvalue weighted by Crippen LogP contribution is -2.43. The van der Waals surface area contributed by atoms with E-state index in [-0.39, 0.29) is 23.7 Å². The summed E-state index contributed by atoms with van der Waals surface area (Å²) in [6.07, 6.45) is 0.906. The Bertz CT molecular complexity index is 451. The zero-order valence-electron chi connectivity index (χ0n) is 12.5. The first-order valence-electron chi connectivity index (χ1n) is 6.86. The number of hydrogen-bond donors (Lipinski definition) is 2. The molecule has 0 saturated heterocycles. The fraction of sp³-hybridized carbons (Fsp3) is 0.533. The minimum atomic E-state index is -0.391. The van der Waals surface area contributed by atoms with Crippen LogP contribution in [0.5, 0.6) is 5.75 Å². The first kappa shape index (κ1) is 16.4. The van der Waals surface area contributed by atoms with Crippen molar-refractivity contribution in [3.63, 3.8) is 0 Å². The Kier molecular flexibility index (Phi) is 6.45. The Labute approximate surface area is 119 Å². The molecule has 112 valence electrons. The summed E-state index contributed by atoms with van der Waals surface area (Å²) in [5, 5.41) is 6.02. The van der Waals surface area contributed by atoms with Crippen LogP contribution in [-0.4, -0.2) is 25.6 Å². The summed E-state index contributed by atoms with van der Waals surface area (Å²) in [6, 6.07) is 4.31. The Hall–Kier alpha value is -1.62. The average Bonchev–Trinajstić information content (AvgIpc) is 2.44. The molecule has 0 saturated carbocycles. The lowest BCUT2D eigenvalue weighted by Gasteiger charge is -2.20. The summed E-state index contributed by atoms with van der Waals surface area (Å²) in [7, 11) is 1.43. The molecular weight excluding hydrogens is 259 g/mol. The molecule has 1 rings (SSSR count). The highest BCUT2D eigenvalue weighted by molar-refractivity contribution is 5.81. The van der Waals surface area contributed by atoms with Crippen molar-refractivity contribution < 1.29 is 13.9 Å². The van der Waals surface area contributed by atoms with Gasteiger partial charge in [0.25, 0.3) is 0 Å². The van der Waals surface area contributed by atoms with E-state index in [1.165, 1.54) is 13.2 Å². The van der Waals surface area contributed by atoms with Crippen LogP contribution in [0.15, 0.2) is 18.2 Å². The molecule has 0 aliphatic heterocycles. The van der Waals surface area contributed by atoms with Crippen LogP contribution in [-0.2, 0) is 4.79 Å². The highest BCUT2D eigenvalue weighted by Gasteiger charge is 2.16. The van der Waals surface area contributed by atoms with E-state index < -0.39 is 5.82 Å². The molecule has 2 unspecified atom stereocenters. The first-order chi connectivity index (χ1) is 9.49. The van der Waals surface area contributed by atoms with Crippen LogP contribution in [0.2, 0.25) is 0 Å². The quantitative estimate of drug-likeness (QED) is 0.807. The summed E-state index contributed by atoms with van der Waals surface area (Å²) < 4.78 is 18.3. The summed E-state index contributed by atoms with van der Waals surface area (Å²) in [5.74, 6) is -0.218. The number of carbonyl (C=O) groups excluding carboxylic acids is 1. The SMILES string of the molecule is CCCNC(=O)C(C)NC(C)c1ccc(F)c(OC)c1. The zero-order valence-corrected chi connectivity index (χ0v) is 12.5. The predicted molar refractivity (Wildman–Crippen MR) is 77.3 cm³/mol. The van der Waals surface area contributed by atoms with Gasteiger partial charge in [-0.25, -0.2) is 4.39 Å². The predicted octanol–water partition coefficient (Wildman–Crippen LogP) is 2.40. The van der Waals surface area contributed by atoms with Gasteiger partial charge in [0, 0.05) is 12.6 Å². The molecule has 1 amide bonds. The van der Waals surface area contributed by atoms with E-state index in [0.717, 1.165) is 12.0 Å². The molecule has 0 radical (unpaired) electrons. The van der Waals surface area contributed by atoms with Crippen molar-refractivity contribution >= 4 is 5.91 Å². The number of rotatable bonds is 7. The van der Waals surface area contributed by atoms with Crippen LogP contribution in [0.25, 0.3) is 0 Å². The molecule has 0 heterocycles. The van der Waals surface area contributed by atoms with Gasteiger partial charge in [0.05, 0.1) is 13.2 Å². The number of benzene rings is 1. The summed E-state index contributed by atoms with van der Waals surface area (Å²) in [5.41, 5.74) is 0.874. The molecule has 0 aliphatic rings. The van der Waals surface area contributed by atoms with E-state index in [1.54, 1.807) is 12.1 Å². The molecule has 2 N–H and O–H groups in total. The van der Waals surface area contributed by atoms with E-state index in [9.17, 15) is 9.18 Å². The molecule has 1 aromatic rings. The number of nitrogens with one attached hydrogen (secondary N) is 2. The maximum Gasteiger partial charge on any atom is 0.236 e. The lowest BCUT2D eigenvalue weighted by atomic mass is 10.1. The van der Waals surface area contributed by atoms with Gasteiger partial charge in [-0.05, 0) is 38.0 Å². The Morgan fingerprint density at radius 2 is 2.10 bits per heavy atom. The van der Waals surface area contributed by atoms with E-state index in [1.807, 2.05) is 20.8 Å². The number of hydrogen-bond acceptors (Lipinski definition) is 3. The minimum Gasteiger partial charge on any atom is -0.494 e. The lowest BCUT2D eigenvalue weighted by molar-refractivity contribution is -0.122. The standard InChI is InChI=1S/C15H23FN2O2/c1-5-8-17-15(19)11(3)18-10(2)12-6-7-13(16)14(9-12)20-4/h6-7,9-11,18H,5,8H2,1-4H3,(H,17,19). The maximum absolute atomic E-state index is 13.4. The molecule has 5 heteroatoms. The Balaban J connectivity index is 2.66. The van der Waals surface area contributed by atoms with Gasteiger partial charge in [0.15, 0.2) is 11.6 Å². The normalized spacial score (nSPS) is 13.7. The molecule has 0 aromatic heterocycles. The van der Waals surface area contributed by atoms with Crippen molar-refractivity contribution in [3.8, 4) is 5.75 Å². The molecule has 1 aromatic carbocycles. The van der Waals surface area contributed by atoms with Gasteiger partial charge in [0.2, 0.25) is 5.91 Å². The van der Waals surface area contributed by atoms with E-state index in [4.69, 9.17) is 4.74 Å². The molecule has 2 atom stereocenters. The van der Waals surface area contributed by atoms with Crippen molar-refractivity contribution in [3.05, 3.63) is 29.6 Å². The van der Waals surface area contributed by atoms with Gasteiger partial charge in [-0.2, -0.15) is 0 Å². The van der Waals surface area contributed by atoms with Gasteiger partial charge in [-0.15, -0.1) is 0 Å². The van der Waals surface area contributed by atoms with Gasteiger partial charge in [0.1, 0.15) is 0 Å². The maximum atomic E-state index is 13.4. The fourth-order valence-corrected chi connectivity index (χ4v) is 1.89. The summed E-state index contributed by atoms with van der Waals surface area (Å²) in [4.78, 5) is 11.8. The van der Waals surface area contributed by atoms with Crippen LogP contribution < -0.4 is 15.4 Å². The van der Waals surface area contributed by atoms with Gasteiger partial charge in [-0.1, -0.05) is 13.0 Å². The number of halogens is 1. The second-order valence-electron chi connectivity index (χ2n) is 4.80. The first-order valence-corrected chi connectivity index (χ1v) is 6.86. The van der Waals surface area contributed by atoms with Gasteiger partial charge < -0.3 is 10.1 Å². The van der Waals surface area contributed by atoms with Gasteiger partial charge in [-0.3, -0.25) is 10.1 Å². The van der Waals surface area contributed by atoms with Crippen molar-refractivity contribution in [1.29, 1.82) is 0 Å². The molecular formula is C15H23FN2O2. The largest absolute Gasteiger partial charge is 0.494 e. The van der Waals surface area contributed by atoms with Crippen LogP contribution in [0.1, 0.15) is 38.8 Å². The van der Waals surface area contributed by atoms with Crippen LogP contribution in [0, 0.1) is 5.82 Å². The summed E-state index contributed by atoms with van der Waals surface area (Å²) in [6.45, 7) is 6.41. The molecule has 0 bridgehead atoms. The van der Waals surface area contributed by atoms with Crippen molar-refractivity contribution in [1.82, 2.24) is 10.6 Å². The Morgan fingerprint density at radius 1 is 1.40 bits per heavy atom. The van der Waals surface area contributed by atoms with Crippen LogP contribution >= 0.6 is 0 Å². The molecule has 20 heavy (non-hydrogen) atoms. The summed E-state index contributed by atoms with van der Waals surface area (Å²) >= 11 is 0. The zero-order chi connectivity index (χ0) is 15.1. The van der Waals surface area contributed by atoms with E-state index in [2.05, 4.69) is 10.6 Å². The Morgan fingerprint density at radius 3 is 2.70 bits per heavy atom. The van der Waals surface area contributed by atoms with Crippen molar-refractivity contribution in [2.24, 2.45) is 0 Å². The van der Waals surface area contributed by atoms with Gasteiger partial charge >= 0.3 is 0 Å². The monoisotopic (exact) mass is 282 g/mol. The third-order valence-corrected chi connectivity index (χ3v) is 3.12. The second kappa shape index (κ2) is 7.85. The van der Waals surface area contributed by atoms with Crippen LogP contribution in [0.4, 0.5) is 4.39 Å². The molecule has 0 spiro atoms. The number of ether oxygens (including phenoxy) is 1. The third kappa shape index (κ3) is 4.49. The molecule has 0 aliphatic carbocycles.